The smallest absolute Gasteiger partial charge is 0.273 e. The van der Waals surface area contributed by atoms with Crippen LogP contribution in [0.1, 0.15) is 23.6 Å². The van der Waals surface area contributed by atoms with Crippen molar-refractivity contribution in [3.8, 4) is 11.5 Å². The third-order valence-corrected chi connectivity index (χ3v) is 5.52. The van der Waals surface area contributed by atoms with Crippen molar-refractivity contribution in [2.75, 3.05) is 6.61 Å². The Morgan fingerprint density at radius 1 is 1.03 bits per heavy atom. The highest BCUT2D eigenvalue weighted by Gasteiger charge is 2.15. The fraction of sp³-hybridized carbons (Fsp3) is 0.167. The van der Waals surface area contributed by atoms with Crippen LogP contribution in [-0.4, -0.2) is 28.6 Å². The Balaban J connectivity index is 1.67. The number of nitro benzene ring substituents is 2. The molecule has 12 heteroatoms. The molecule has 36 heavy (non-hydrogen) atoms. The highest BCUT2D eigenvalue weighted by Crippen LogP contribution is 2.34. The van der Waals surface area contributed by atoms with Crippen LogP contribution in [-0.2, 0) is 17.8 Å². The quantitative estimate of drug-likeness (QED) is 0.200. The molecule has 1 N–H and O–H groups in total. The number of ether oxygens (including phenoxy) is 2. The third-order valence-electron chi connectivity index (χ3n) is 4.84. The molecule has 1 amide bonds. The molecule has 3 aromatic carbocycles. The van der Waals surface area contributed by atoms with Crippen molar-refractivity contribution < 1.29 is 24.1 Å². The second-order valence-corrected chi connectivity index (χ2v) is 8.18. The molecule has 0 aromatic heterocycles. The molecular formula is C24H21BrN4O7. The zero-order valence-electron chi connectivity index (χ0n) is 19.0. The molecule has 0 saturated heterocycles. The number of non-ortho nitro benzene ring substituents is 1. The summed E-state index contributed by atoms with van der Waals surface area (Å²) < 4.78 is 12.1. The van der Waals surface area contributed by atoms with Gasteiger partial charge in [0, 0.05) is 33.8 Å². The first-order chi connectivity index (χ1) is 17.3. The van der Waals surface area contributed by atoms with Gasteiger partial charge in [0.15, 0.2) is 11.5 Å². The predicted octanol–water partition coefficient (Wildman–Crippen LogP) is 4.94. The van der Waals surface area contributed by atoms with Crippen molar-refractivity contribution in [3.05, 3.63) is 102 Å². The van der Waals surface area contributed by atoms with E-state index in [0.717, 1.165) is 5.56 Å². The van der Waals surface area contributed by atoms with Gasteiger partial charge in [-0.25, -0.2) is 5.43 Å². The minimum absolute atomic E-state index is 0.00535. The van der Waals surface area contributed by atoms with Gasteiger partial charge in [-0.3, -0.25) is 25.0 Å². The van der Waals surface area contributed by atoms with Gasteiger partial charge in [0.2, 0.25) is 5.91 Å². The van der Waals surface area contributed by atoms with Crippen LogP contribution in [0.25, 0.3) is 0 Å². The molecule has 3 rings (SSSR count). The predicted molar refractivity (Wildman–Crippen MR) is 135 cm³/mol. The maximum Gasteiger partial charge on any atom is 0.273 e. The Bertz CT molecular complexity index is 1300. The Hall–Kier alpha value is -4.32. The molecule has 0 saturated carbocycles. The van der Waals surface area contributed by atoms with Crippen LogP contribution in [0, 0.1) is 20.2 Å². The Labute approximate surface area is 214 Å². The van der Waals surface area contributed by atoms with Crippen LogP contribution in [0.2, 0.25) is 0 Å². The first-order valence-electron chi connectivity index (χ1n) is 10.6. The molecule has 0 aliphatic rings. The molecule has 186 valence electrons. The average Bonchev–Trinajstić information content (AvgIpc) is 2.85. The van der Waals surface area contributed by atoms with E-state index in [9.17, 15) is 25.0 Å². The zero-order chi connectivity index (χ0) is 26.1. The van der Waals surface area contributed by atoms with Gasteiger partial charge in [-0.15, -0.1) is 0 Å². The highest BCUT2D eigenvalue weighted by atomic mass is 79.9. The number of carbonyl (C=O) groups is 1. The maximum atomic E-state index is 12.2. The van der Waals surface area contributed by atoms with E-state index in [1.165, 1.54) is 36.5 Å². The summed E-state index contributed by atoms with van der Waals surface area (Å²) in [5.41, 5.74) is 3.84. The molecule has 0 radical (unpaired) electrons. The fourth-order valence-electron chi connectivity index (χ4n) is 3.13. The minimum atomic E-state index is -0.538. The zero-order valence-corrected chi connectivity index (χ0v) is 20.6. The Morgan fingerprint density at radius 3 is 2.39 bits per heavy atom. The maximum absolute atomic E-state index is 12.2. The van der Waals surface area contributed by atoms with Crippen LogP contribution in [0.4, 0.5) is 11.4 Å². The normalized spacial score (nSPS) is 10.7. The van der Waals surface area contributed by atoms with E-state index in [1.54, 1.807) is 30.3 Å². The number of benzene rings is 3. The van der Waals surface area contributed by atoms with Crippen molar-refractivity contribution >= 4 is 39.4 Å². The first kappa shape index (κ1) is 26.3. The number of hydrazone groups is 1. The third kappa shape index (κ3) is 7.09. The van der Waals surface area contributed by atoms with Crippen molar-refractivity contribution in [1.82, 2.24) is 5.43 Å². The second-order valence-electron chi connectivity index (χ2n) is 7.32. The van der Waals surface area contributed by atoms with Crippen LogP contribution in [0.5, 0.6) is 11.5 Å². The number of hydrogen-bond acceptors (Lipinski definition) is 8. The number of halogens is 1. The lowest BCUT2D eigenvalue weighted by atomic mass is 10.1. The molecule has 0 aliphatic heterocycles. The van der Waals surface area contributed by atoms with Crippen LogP contribution >= 0.6 is 15.9 Å². The lowest BCUT2D eigenvalue weighted by molar-refractivity contribution is -0.385. The SMILES string of the molecule is CCOc1cc(/C=N/NC(=O)Cc2ccccc2[N+](=O)[O-])c(Br)cc1OCc1ccc([N+](=O)[O-])cc1. The summed E-state index contributed by atoms with van der Waals surface area (Å²) >= 11 is 3.44. The number of amides is 1. The number of nitro groups is 2. The summed E-state index contributed by atoms with van der Waals surface area (Å²) in [7, 11) is 0. The molecule has 0 bridgehead atoms. The standard InChI is InChI=1S/C24H21BrN4O7/c1-2-35-22-11-18(14-26-27-24(30)12-17-5-3-4-6-21(17)29(33)34)20(25)13-23(22)36-15-16-7-9-19(10-8-16)28(31)32/h3-11,13-14H,2,12,15H2,1H3,(H,27,30)/b26-14+. The fourth-order valence-corrected chi connectivity index (χ4v) is 3.56. The monoisotopic (exact) mass is 556 g/mol. The number of nitrogens with zero attached hydrogens (tertiary/aromatic N) is 3. The first-order valence-corrected chi connectivity index (χ1v) is 11.4. The lowest BCUT2D eigenvalue weighted by Gasteiger charge is -2.14. The van der Waals surface area contributed by atoms with Crippen molar-refractivity contribution in [2.45, 2.75) is 20.0 Å². The van der Waals surface area contributed by atoms with Gasteiger partial charge < -0.3 is 9.47 Å². The highest BCUT2D eigenvalue weighted by molar-refractivity contribution is 9.10. The summed E-state index contributed by atoms with van der Waals surface area (Å²) in [5, 5.41) is 25.9. The van der Waals surface area contributed by atoms with Gasteiger partial charge in [0.25, 0.3) is 11.4 Å². The minimum Gasteiger partial charge on any atom is -0.490 e. The molecule has 0 unspecified atom stereocenters. The van der Waals surface area contributed by atoms with Gasteiger partial charge in [-0.05, 0) is 52.7 Å². The van der Waals surface area contributed by atoms with Gasteiger partial charge >= 0.3 is 0 Å². The molecule has 0 aliphatic carbocycles. The van der Waals surface area contributed by atoms with Crippen LogP contribution in [0.3, 0.4) is 0 Å². The molecule has 0 heterocycles. The van der Waals surface area contributed by atoms with Gasteiger partial charge in [0.1, 0.15) is 6.61 Å². The molecule has 0 spiro atoms. The van der Waals surface area contributed by atoms with E-state index in [2.05, 4.69) is 26.5 Å². The van der Waals surface area contributed by atoms with E-state index in [0.29, 0.717) is 28.1 Å². The number of carbonyl (C=O) groups excluding carboxylic acids is 1. The van der Waals surface area contributed by atoms with E-state index in [-0.39, 0.29) is 30.0 Å². The number of para-hydroxylation sites is 1. The molecule has 11 nitrogen and oxygen atoms in total. The second kappa shape index (κ2) is 12.4. The number of nitrogens with one attached hydrogen (secondary N) is 1. The Kier molecular flexibility index (Phi) is 9.06. The van der Waals surface area contributed by atoms with Crippen molar-refractivity contribution in [1.29, 1.82) is 0 Å². The largest absolute Gasteiger partial charge is 0.490 e. The van der Waals surface area contributed by atoms with Crippen LogP contribution in [0.15, 0.2) is 70.2 Å². The summed E-state index contributed by atoms with van der Waals surface area (Å²) in [6.07, 6.45) is 1.21. The topological polar surface area (TPSA) is 146 Å². The van der Waals surface area contributed by atoms with Gasteiger partial charge in [-0.2, -0.15) is 5.10 Å². The van der Waals surface area contributed by atoms with Crippen molar-refractivity contribution in [3.63, 3.8) is 0 Å². The molecule has 0 atom stereocenters. The summed E-state index contributed by atoms with van der Waals surface area (Å²) in [6.45, 7) is 2.36. The number of rotatable bonds is 11. The van der Waals surface area contributed by atoms with Gasteiger partial charge in [0.05, 0.1) is 29.1 Å². The summed E-state index contributed by atoms with van der Waals surface area (Å²) in [4.78, 5) is 33.1. The van der Waals surface area contributed by atoms with E-state index in [1.807, 2.05) is 6.92 Å². The molecule has 3 aromatic rings. The summed E-state index contributed by atoms with van der Waals surface area (Å²) in [5.74, 6) is 0.375. The molecule has 0 fully saturated rings. The number of hydrogen-bond donors (Lipinski definition) is 1. The van der Waals surface area contributed by atoms with Crippen molar-refractivity contribution in [2.24, 2.45) is 5.10 Å². The lowest BCUT2D eigenvalue weighted by Crippen LogP contribution is -2.20. The summed E-state index contributed by atoms with van der Waals surface area (Å²) in [6, 6.07) is 15.4. The van der Waals surface area contributed by atoms with Gasteiger partial charge in [-0.1, -0.05) is 18.2 Å². The molecular weight excluding hydrogens is 536 g/mol. The Morgan fingerprint density at radius 2 is 1.72 bits per heavy atom. The van der Waals surface area contributed by atoms with E-state index < -0.39 is 15.8 Å². The van der Waals surface area contributed by atoms with Crippen LogP contribution < -0.4 is 14.9 Å². The average molecular weight is 557 g/mol. The van der Waals surface area contributed by atoms with E-state index in [4.69, 9.17) is 9.47 Å². The van der Waals surface area contributed by atoms with E-state index >= 15 is 0 Å².